The highest BCUT2D eigenvalue weighted by Gasteiger charge is 2.11. The van der Waals surface area contributed by atoms with Crippen LogP contribution in [-0.4, -0.2) is 5.78 Å². The standard InChI is InChI=1S/C15H11Br2FO/c16-11-3-1-2-10(8-11)4-7-15(19)13-6-5-12(17)9-14(13)18/h1-3,5-6,8-9H,4,7H2. The maximum Gasteiger partial charge on any atom is 0.166 e. The second-order valence-electron chi connectivity index (χ2n) is 4.18. The van der Waals surface area contributed by atoms with Gasteiger partial charge in [-0.25, -0.2) is 4.39 Å². The van der Waals surface area contributed by atoms with Crippen molar-refractivity contribution in [3.63, 3.8) is 0 Å². The number of ketones is 1. The molecular weight excluding hydrogens is 375 g/mol. The first-order valence-corrected chi connectivity index (χ1v) is 7.37. The zero-order valence-corrected chi connectivity index (χ0v) is 13.2. The number of carbonyl (C=O) groups is 1. The predicted molar refractivity (Wildman–Crippen MR) is 80.9 cm³/mol. The highest BCUT2D eigenvalue weighted by Crippen LogP contribution is 2.18. The largest absolute Gasteiger partial charge is 0.294 e. The van der Waals surface area contributed by atoms with Gasteiger partial charge in [0.15, 0.2) is 5.78 Å². The lowest BCUT2D eigenvalue weighted by atomic mass is 10.0. The molecule has 0 N–H and O–H groups in total. The highest BCUT2D eigenvalue weighted by molar-refractivity contribution is 9.10. The van der Waals surface area contributed by atoms with Crippen molar-refractivity contribution in [2.75, 3.05) is 0 Å². The van der Waals surface area contributed by atoms with E-state index in [1.54, 1.807) is 6.07 Å². The molecule has 0 heterocycles. The van der Waals surface area contributed by atoms with E-state index >= 15 is 0 Å². The molecule has 0 fully saturated rings. The molecule has 2 rings (SSSR count). The van der Waals surface area contributed by atoms with Gasteiger partial charge in [-0.2, -0.15) is 0 Å². The number of aryl methyl sites for hydroxylation is 1. The van der Waals surface area contributed by atoms with Gasteiger partial charge in [-0.1, -0.05) is 44.0 Å². The Morgan fingerprint density at radius 1 is 1.05 bits per heavy atom. The van der Waals surface area contributed by atoms with E-state index < -0.39 is 5.82 Å². The minimum atomic E-state index is -0.478. The van der Waals surface area contributed by atoms with Gasteiger partial charge in [0.25, 0.3) is 0 Å². The Hall–Kier alpha value is -1.00. The first-order chi connectivity index (χ1) is 9.06. The fourth-order valence-electron chi connectivity index (χ4n) is 1.80. The van der Waals surface area contributed by atoms with Crippen LogP contribution in [0.4, 0.5) is 4.39 Å². The molecule has 2 aromatic carbocycles. The number of carbonyl (C=O) groups excluding carboxylic acids is 1. The lowest BCUT2D eigenvalue weighted by Crippen LogP contribution is -2.04. The number of hydrogen-bond donors (Lipinski definition) is 0. The maximum absolute atomic E-state index is 13.6. The van der Waals surface area contributed by atoms with E-state index in [-0.39, 0.29) is 11.3 Å². The lowest BCUT2D eigenvalue weighted by Gasteiger charge is -2.04. The van der Waals surface area contributed by atoms with Gasteiger partial charge in [-0.15, -0.1) is 0 Å². The van der Waals surface area contributed by atoms with Crippen LogP contribution >= 0.6 is 31.9 Å². The summed E-state index contributed by atoms with van der Waals surface area (Å²) in [6, 6.07) is 12.3. The third kappa shape index (κ3) is 3.98. The molecular formula is C15H11Br2FO. The van der Waals surface area contributed by atoms with Crippen LogP contribution in [0.3, 0.4) is 0 Å². The van der Waals surface area contributed by atoms with Crippen molar-refractivity contribution in [1.29, 1.82) is 0 Å². The summed E-state index contributed by atoms with van der Waals surface area (Å²) in [4.78, 5) is 12.0. The van der Waals surface area contributed by atoms with Crippen molar-refractivity contribution in [1.82, 2.24) is 0 Å². The molecule has 0 amide bonds. The molecule has 0 aliphatic heterocycles. The van der Waals surface area contributed by atoms with E-state index in [0.29, 0.717) is 17.3 Å². The highest BCUT2D eigenvalue weighted by atomic mass is 79.9. The molecule has 98 valence electrons. The van der Waals surface area contributed by atoms with Gasteiger partial charge >= 0.3 is 0 Å². The predicted octanol–water partition coefficient (Wildman–Crippen LogP) is 5.17. The molecule has 0 saturated heterocycles. The van der Waals surface area contributed by atoms with E-state index in [9.17, 15) is 9.18 Å². The summed E-state index contributed by atoms with van der Waals surface area (Å²) in [7, 11) is 0. The Balaban J connectivity index is 2.05. The average Bonchev–Trinajstić information content (AvgIpc) is 2.36. The molecule has 0 aliphatic carbocycles. The average molecular weight is 386 g/mol. The van der Waals surface area contributed by atoms with Crippen LogP contribution in [-0.2, 0) is 6.42 Å². The molecule has 0 bridgehead atoms. The SMILES string of the molecule is O=C(CCc1cccc(Br)c1)c1ccc(Br)cc1F. The minimum absolute atomic E-state index is 0.151. The third-order valence-corrected chi connectivity index (χ3v) is 3.75. The van der Waals surface area contributed by atoms with E-state index in [0.717, 1.165) is 10.0 Å². The molecule has 4 heteroatoms. The van der Waals surface area contributed by atoms with Crippen molar-refractivity contribution in [3.8, 4) is 0 Å². The fraction of sp³-hybridized carbons (Fsp3) is 0.133. The summed E-state index contributed by atoms with van der Waals surface area (Å²) in [5, 5.41) is 0. The van der Waals surface area contributed by atoms with Crippen molar-refractivity contribution in [2.24, 2.45) is 0 Å². The van der Waals surface area contributed by atoms with Crippen molar-refractivity contribution >= 4 is 37.6 Å². The summed E-state index contributed by atoms with van der Waals surface area (Å²) in [5.74, 6) is -0.654. The van der Waals surface area contributed by atoms with Gasteiger partial charge in [-0.05, 0) is 42.3 Å². The Kier molecular flexibility index (Phi) is 4.88. The molecule has 2 aromatic rings. The van der Waals surface area contributed by atoms with E-state index in [2.05, 4.69) is 31.9 Å². The van der Waals surface area contributed by atoms with Crippen LogP contribution in [0.25, 0.3) is 0 Å². The van der Waals surface area contributed by atoms with Gasteiger partial charge in [0.05, 0.1) is 5.56 Å². The van der Waals surface area contributed by atoms with Crippen LogP contribution < -0.4 is 0 Å². The molecule has 19 heavy (non-hydrogen) atoms. The Morgan fingerprint density at radius 2 is 1.79 bits per heavy atom. The fourth-order valence-corrected chi connectivity index (χ4v) is 2.58. The van der Waals surface area contributed by atoms with Gasteiger partial charge in [0.1, 0.15) is 5.82 Å². The van der Waals surface area contributed by atoms with Crippen molar-refractivity contribution in [2.45, 2.75) is 12.8 Å². The molecule has 0 radical (unpaired) electrons. The molecule has 0 aliphatic rings. The van der Waals surface area contributed by atoms with Crippen LogP contribution in [0.1, 0.15) is 22.3 Å². The summed E-state index contributed by atoms with van der Waals surface area (Å²) in [6.45, 7) is 0. The number of benzene rings is 2. The lowest BCUT2D eigenvalue weighted by molar-refractivity contribution is 0.0979. The van der Waals surface area contributed by atoms with E-state index in [1.807, 2.05) is 24.3 Å². The monoisotopic (exact) mass is 384 g/mol. The summed E-state index contributed by atoms with van der Waals surface area (Å²) in [6.07, 6.45) is 0.906. The second kappa shape index (κ2) is 6.44. The van der Waals surface area contributed by atoms with E-state index in [1.165, 1.54) is 12.1 Å². The Morgan fingerprint density at radius 3 is 2.47 bits per heavy atom. The summed E-state index contributed by atoms with van der Waals surface area (Å²) in [5.41, 5.74) is 1.21. The molecule has 0 unspecified atom stereocenters. The Bertz CT molecular complexity index is 611. The number of halogens is 3. The molecule has 0 atom stereocenters. The van der Waals surface area contributed by atoms with Gasteiger partial charge in [0, 0.05) is 15.4 Å². The van der Waals surface area contributed by atoms with Crippen LogP contribution in [0.15, 0.2) is 51.4 Å². The molecule has 0 saturated carbocycles. The number of rotatable bonds is 4. The zero-order valence-electron chi connectivity index (χ0n) is 10.00. The topological polar surface area (TPSA) is 17.1 Å². The van der Waals surface area contributed by atoms with Gasteiger partial charge in [0.2, 0.25) is 0 Å². The van der Waals surface area contributed by atoms with E-state index in [4.69, 9.17) is 0 Å². The van der Waals surface area contributed by atoms with Crippen molar-refractivity contribution in [3.05, 3.63) is 68.4 Å². The molecule has 0 spiro atoms. The summed E-state index contributed by atoms with van der Waals surface area (Å²) >= 11 is 6.56. The Labute approximate surface area is 128 Å². The zero-order chi connectivity index (χ0) is 13.8. The van der Waals surface area contributed by atoms with Crippen molar-refractivity contribution < 1.29 is 9.18 Å². The number of hydrogen-bond acceptors (Lipinski definition) is 1. The molecule has 1 nitrogen and oxygen atoms in total. The third-order valence-electron chi connectivity index (χ3n) is 2.76. The first-order valence-electron chi connectivity index (χ1n) is 5.79. The second-order valence-corrected chi connectivity index (χ2v) is 6.01. The smallest absolute Gasteiger partial charge is 0.166 e. The normalized spacial score (nSPS) is 10.5. The first kappa shape index (κ1) is 14.4. The van der Waals surface area contributed by atoms with Crippen LogP contribution in [0.2, 0.25) is 0 Å². The van der Waals surface area contributed by atoms with Gasteiger partial charge in [-0.3, -0.25) is 4.79 Å². The molecule has 0 aromatic heterocycles. The van der Waals surface area contributed by atoms with Gasteiger partial charge < -0.3 is 0 Å². The minimum Gasteiger partial charge on any atom is -0.294 e. The van der Waals surface area contributed by atoms with Crippen LogP contribution in [0.5, 0.6) is 0 Å². The quantitative estimate of drug-likeness (QED) is 0.664. The van der Waals surface area contributed by atoms with Crippen LogP contribution in [0, 0.1) is 5.82 Å². The summed E-state index contributed by atoms with van der Waals surface area (Å²) < 4.78 is 15.2. The number of Topliss-reactive ketones (excluding diaryl/α,β-unsaturated/α-hetero) is 1. The maximum atomic E-state index is 13.6.